The van der Waals surface area contributed by atoms with Crippen LogP contribution < -0.4 is 10.6 Å². The third-order valence-electron chi connectivity index (χ3n) is 9.32. The van der Waals surface area contributed by atoms with Crippen LogP contribution in [0.25, 0.3) is 0 Å². The number of carbonyl (C=O) groups excluding carboxylic acids is 2. The first-order valence-electron chi connectivity index (χ1n) is 21.6. The van der Waals surface area contributed by atoms with E-state index in [2.05, 4.69) is 37.8 Å². The number of hydrogen-bond donors (Lipinski definition) is 19. The molecule has 0 aromatic carbocycles. The molecule has 2 aliphatic carbocycles. The summed E-state index contributed by atoms with van der Waals surface area (Å²) in [6, 6.07) is 0. The first kappa shape index (κ1) is 72.0. The Labute approximate surface area is 434 Å². The maximum absolute atomic E-state index is 12.0. The lowest BCUT2D eigenvalue weighted by Gasteiger charge is -2.46. The molecule has 0 aromatic rings. The van der Waals surface area contributed by atoms with Gasteiger partial charge < -0.3 is 123 Å². The predicted octanol–water partition coefficient (Wildman–Crippen LogP) is -6.81. The van der Waals surface area contributed by atoms with Crippen molar-refractivity contribution in [2.75, 3.05) is 106 Å². The smallest absolute Gasteiger partial charge is 0.447 e. The van der Waals surface area contributed by atoms with Crippen LogP contribution in [0.15, 0.2) is 0 Å². The van der Waals surface area contributed by atoms with Crippen molar-refractivity contribution in [3.8, 4) is 0 Å². The van der Waals surface area contributed by atoms with Gasteiger partial charge in [-0.2, -0.15) is 14.7 Å². The summed E-state index contributed by atoms with van der Waals surface area (Å²) in [6.45, 7) is -1.61. The van der Waals surface area contributed by atoms with Crippen LogP contribution in [-0.2, 0) is 92.6 Å². The highest BCUT2D eigenvalue weighted by Crippen LogP contribution is 2.54. The van der Waals surface area contributed by atoms with Crippen molar-refractivity contribution >= 4 is 59.5 Å². The van der Waals surface area contributed by atoms with Gasteiger partial charge in [0.1, 0.15) is 80.4 Å². The van der Waals surface area contributed by atoms with E-state index in [1.165, 1.54) is 0 Å². The lowest BCUT2D eigenvalue weighted by atomic mass is 9.85. The number of aliphatic hydroxyl groups is 4. The first-order valence-corrected chi connectivity index (χ1v) is 30.8. The van der Waals surface area contributed by atoms with E-state index in [4.69, 9.17) is 42.6 Å². The Hall–Kier alpha value is -1.08. The minimum atomic E-state index is -5.60. The van der Waals surface area contributed by atoms with Crippen LogP contribution in [0.3, 0.4) is 0 Å². The SMILES string of the molecule is O=C(NCCO[C@@H]1[C@H](O)[C@@H](OP(=O)(O)O)[C@H](OP(=O)(O)O)[C@@H](O)[C@@H]1OP(=O)(O)O)OCCOCCOCCOCCOCCOCCOC(=O)NCCO[C@@H]1[C@H](O)[C@@H](OP(=O)(O)O)[C@H](O[P+](O)(O)O)[C@@H](O)[C@@H]1OP(=O)(O)O. The van der Waals surface area contributed by atoms with E-state index in [9.17, 15) is 116 Å². The van der Waals surface area contributed by atoms with Crippen LogP contribution >= 0.6 is 47.3 Å². The third-order valence-corrected chi connectivity index (χ3v) is 12.4. The molecule has 0 spiro atoms. The Morgan fingerprint density at radius 3 is 0.831 bits per heavy atom. The fraction of sp³-hybridized carbons (Fsp3) is 0.933. The highest BCUT2D eigenvalue weighted by molar-refractivity contribution is 7.53. The summed E-state index contributed by atoms with van der Waals surface area (Å²) in [4.78, 5) is 144. The number of alkyl carbamates (subject to hydrolysis) is 2. The maximum atomic E-state index is 12.0. The molecular formula is C30H63N2O39P6+. The molecule has 19 N–H and O–H groups in total. The van der Waals surface area contributed by atoms with Crippen LogP contribution in [0, 0.1) is 0 Å². The van der Waals surface area contributed by atoms with Crippen LogP contribution in [0.5, 0.6) is 0 Å². The number of ether oxygens (including phenoxy) is 9. The monoisotopic (exact) mass is 1260 g/mol. The Balaban J connectivity index is 1.53. The van der Waals surface area contributed by atoms with Crippen LogP contribution in [0.4, 0.5) is 9.59 Å². The van der Waals surface area contributed by atoms with E-state index >= 15 is 0 Å². The summed E-state index contributed by atoms with van der Waals surface area (Å²) in [5, 5.41) is 47.1. The molecule has 41 nitrogen and oxygen atoms in total. The number of aliphatic hydroxyl groups excluding tert-OH is 4. The summed E-state index contributed by atoms with van der Waals surface area (Å²) in [7, 11) is -33.2. The number of nitrogens with one attached hydrogen (secondary N) is 2. The molecule has 2 fully saturated rings. The standard InChI is InChI=1S/C30H62N2O39P6/c33-17-21(23(66-72(39,40)41)19(35)27(70-76(51,52)53)25(17)68-74(45,46)47)62-3-1-31-29(37)64-15-13-60-11-9-58-7-5-57-6-8-59-10-12-61-14-16-65-30(38)32-2-4-63-22-18(34)26(69-75(48,49)50)28(71-77(54,55)56)20(36)24(22)67-73(42,43)44/h17-28,33-36,51-53H,1-16H2,(H11-,31,32,37,38,39,40,41,42,43,44,45,46,47,48,49,50,54,55,56)/p+1/t17-,18-,19-,20-,21+,22+,23-,24-,25+,26+,27+,28+/m0/s1. The van der Waals surface area contributed by atoms with E-state index in [0.29, 0.717) is 0 Å². The quantitative estimate of drug-likeness (QED) is 0.0202. The topological polar surface area (TPSA) is 626 Å². The molecule has 2 rings (SSSR count). The van der Waals surface area contributed by atoms with Crippen molar-refractivity contribution in [3.63, 3.8) is 0 Å². The minimum absolute atomic E-state index is 0.0740. The van der Waals surface area contributed by atoms with E-state index in [1.807, 2.05) is 0 Å². The lowest BCUT2D eigenvalue weighted by molar-refractivity contribution is -0.225. The molecule has 77 heavy (non-hydrogen) atoms. The van der Waals surface area contributed by atoms with E-state index in [0.717, 1.165) is 0 Å². The zero-order chi connectivity index (χ0) is 58.4. The molecule has 47 heteroatoms. The molecule has 0 aliphatic heterocycles. The molecule has 0 bridgehead atoms. The molecule has 0 saturated heterocycles. The van der Waals surface area contributed by atoms with Crippen molar-refractivity contribution in [2.24, 2.45) is 0 Å². The summed E-state index contributed by atoms with van der Waals surface area (Å²) in [5.41, 5.74) is 0. The van der Waals surface area contributed by atoms with Gasteiger partial charge in [-0.3, -0.25) is 22.6 Å². The van der Waals surface area contributed by atoms with Crippen molar-refractivity contribution < 1.29 is 186 Å². The number of carbonyl (C=O) groups is 2. The molecular weight excluding hydrogens is 1200 g/mol. The number of rotatable bonds is 38. The number of phosphoric ester groups is 5. The average molecular weight is 1260 g/mol. The average Bonchev–Trinajstić information content (AvgIpc) is 3.27. The molecule has 12 atom stereocenters. The summed E-state index contributed by atoms with van der Waals surface area (Å²) in [5.74, 6) is 0. The Morgan fingerprint density at radius 1 is 0.351 bits per heavy atom. The number of phosphoric acid groups is 5. The van der Waals surface area contributed by atoms with E-state index in [1.54, 1.807) is 0 Å². The van der Waals surface area contributed by atoms with Crippen LogP contribution in [0.2, 0.25) is 0 Å². The number of hydrogen-bond acceptors (Lipinski definition) is 29. The van der Waals surface area contributed by atoms with Gasteiger partial charge in [-0.15, -0.1) is 4.52 Å². The van der Waals surface area contributed by atoms with Crippen molar-refractivity contribution in [1.82, 2.24) is 10.6 Å². The van der Waals surface area contributed by atoms with Crippen LogP contribution in [0.1, 0.15) is 0 Å². The normalized spacial score (nSPS) is 26.8. The van der Waals surface area contributed by atoms with Gasteiger partial charge in [0.05, 0.1) is 79.3 Å². The van der Waals surface area contributed by atoms with Gasteiger partial charge in [0.2, 0.25) is 0 Å². The van der Waals surface area contributed by atoms with Gasteiger partial charge in [-0.25, -0.2) is 32.4 Å². The molecule has 2 amide bonds. The third kappa shape index (κ3) is 31.2. The highest BCUT2D eigenvalue weighted by Gasteiger charge is 2.60. The lowest BCUT2D eigenvalue weighted by Crippen LogP contribution is -2.66. The van der Waals surface area contributed by atoms with Crippen molar-refractivity contribution in [3.05, 3.63) is 0 Å². The highest BCUT2D eigenvalue weighted by atomic mass is 31.2. The van der Waals surface area contributed by atoms with Gasteiger partial charge in [0.25, 0.3) is 0 Å². The van der Waals surface area contributed by atoms with E-state index < -0.39 is 159 Å². The molecule has 456 valence electrons. The van der Waals surface area contributed by atoms with Gasteiger partial charge >= 0.3 is 59.5 Å². The second-order valence-corrected chi connectivity index (χ2v) is 22.4. The van der Waals surface area contributed by atoms with Crippen LogP contribution in [-0.4, -0.2) is 275 Å². The van der Waals surface area contributed by atoms with Crippen molar-refractivity contribution in [1.29, 1.82) is 0 Å². The second-order valence-electron chi connectivity index (χ2n) is 15.2. The van der Waals surface area contributed by atoms with Gasteiger partial charge in [0.15, 0.2) is 6.10 Å². The molecule has 2 aliphatic rings. The zero-order valence-corrected chi connectivity index (χ0v) is 44.9. The van der Waals surface area contributed by atoms with Gasteiger partial charge in [0, 0.05) is 13.1 Å². The maximum Gasteiger partial charge on any atom is 0.567 e. The van der Waals surface area contributed by atoms with Gasteiger partial charge in [-0.1, -0.05) is 0 Å². The number of amides is 2. The van der Waals surface area contributed by atoms with Crippen molar-refractivity contribution in [2.45, 2.75) is 73.2 Å². The summed E-state index contributed by atoms with van der Waals surface area (Å²) in [6.07, 6.45) is -30.6. The Kier molecular flexibility index (Phi) is 31.7. The first-order chi connectivity index (χ1) is 35.5. The Bertz CT molecular complexity index is 1980. The molecule has 0 aromatic heterocycles. The second kappa shape index (κ2) is 33.9. The molecule has 2 saturated carbocycles. The largest absolute Gasteiger partial charge is 0.567 e. The Morgan fingerprint density at radius 2 is 0.571 bits per heavy atom. The molecule has 0 radical (unpaired) electrons. The summed E-state index contributed by atoms with van der Waals surface area (Å²) < 4.78 is 131. The minimum Gasteiger partial charge on any atom is -0.447 e. The summed E-state index contributed by atoms with van der Waals surface area (Å²) >= 11 is 0. The fourth-order valence-corrected chi connectivity index (χ4v) is 9.93. The fourth-order valence-electron chi connectivity index (χ4n) is 6.55. The predicted molar refractivity (Wildman–Crippen MR) is 239 cm³/mol. The van der Waals surface area contributed by atoms with Gasteiger partial charge in [-0.05, 0) is 0 Å². The molecule has 0 unspecified atom stereocenters. The molecule has 0 heterocycles. The van der Waals surface area contributed by atoms with E-state index in [-0.39, 0.29) is 79.3 Å². The zero-order valence-electron chi connectivity index (χ0n) is 39.5.